The highest BCUT2D eigenvalue weighted by Crippen LogP contribution is 2.45. The first-order valence-electron chi connectivity index (χ1n) is 42.3. The molecule has 0 spiro atoms. The molecular weight excluding hydrogens is 1310 g/mol. The van der Waals surface area contributed by atoms with E-state index in [0.29, 0.717) is 25.7 Å². The molecule has 0 fully saturated rings. The van der Waals surface area contributed by atoms with Crippen molar-refractivity contribution in [2.75, 3.05) is 39.6 Å². The van der Waals surface area contributed by atoms with Crippen LogP contribution in [0.1, 0.15) is 439 Å². The normalized spacial score (nSPS) is 13.8. The van der Waals surface area contributed by atoms with Crippen molar-refractivity contribution < 1.29 is 80.2 Å². The Balaban J connectivity index is 5.17. The van der Waals surface area contributed by atoms with Gasteiger partial charge in [-0.25, -0.2) is 9.13 Å². The van der Waals surface area contributed by atoms with E-state index in [1.165, 1.54) is 257 Å². The summed E-state index contributed by atoms with van der Waals surface area (Å²) in [4.78, 5) is 72.9. The fraction of sp³-hybridized carbons (Fsp3) is 0.951. The Morgan fingerprint density at radius 2 is 0.400 bits per heavy atom. The number of esters is 4. The number of hydrogen-bond donors (Lipinski definition) is 3. The van der Waals surface area contributed by atoms with Crippen LogP contribution in [0.15, 0.2) is 0 Å². The predicted octanol–water partition coefficient (Wildman–Crippen LogP) is 24.6. The van der Waals surface area contributed by atoms with Gasteiger partial charge in [-0.1, -0.05) is 387 Å². The van der Waals surface area contributed by atoms with Crippen molar-refractivity contribution in [3.05, 3.63) is 0 Å². The fourth-order valence-electron chi connectivity index (χ4n) is 12.6. The average molecular weight is 1470 g/mol. The molecule has 594 valence electrons. The third-order valence-electron chi connectivity index (χ3n) is 19.1. The molecule has 5 atom stereocenters. The molecule has 19 heteroatoms. The van der Waals surface area contributed by atoms with Crippen molar-refractivity contribution in [1.82, 2.24) is 0 Å². The highest BCUT2D eigenvalue weighted by Gasteiger charge is 2.30. The second-order valence-corrected chi connectivity index (χ2v) is 32.1. The van der Waals surface area contributed by atoms with Crippen LogP contribution in [0.3, 0.4) is 0 Å². The molecule has 0 aromatic rings. The number of aliphatic hydroxyl groups is 1. The van der Waals surface area contributed by atoms with E-state index >= 15 is 0 Å². The lowest BCUT2D eigenvalue weighted by atomic mass is 10.0. The van der Waals surface area contributed by atoms with Gasteiger partial charge in [-0.2, -0.15) is 0 Å². The van der Waals surface area contributed by atoms with Crippen molar-refractivity contribution in [2.24, 2.45) is 0 Å². The summed E-state index contributed by atoms with van der Waals surface area (Å²) >= 11 is 0. The van der Waals surface area contributed by atoms with Crippen LogP contribution in [-0.2, 0) is 65.4 Å². The molecule has 0 aliphatic heterocycles. The minimum atomic E-state index is -4.96. The zero-order chi connectivity index (χ0) is 73.2. The Morgan fingerprint density at radius 3 is 0.590 bits per heavy atom. The zero-order valence-electron chi connectivity index (χ0n) is 65.2. The molecule has 0 saturated carbocycles. The molecule has 0 saturated heterocycles. The number of phosphoric ester groups is 2. The highest BCUT2D eigenvalue weighted by molar-refractivity contribution is 7.47. The van der Waals surface area contributed by atoms with Crippen LogP contribution in [0.4, 0.5) is 0 Å². The maximum atomic E-state index is 13.1. The lowest BCUT2D eigenvalue weighted by Crippen LogP contribution is -2.30. The summed E-state index contributed by atoms with van der Waals surface area (Å²) in [6, 6.07) is 0. The van der Waals surface area contributed by atoms with E-state index < -0.39 is 97.5 Å². The van der Waals surface area contributed by atoms with E-state index in [4.69, 9.17) is 37.0 Å². The minimum absolute atomic E-state index is 0.108. The molecule has 0 bridgehead atoms. The van der Waals surface area contributed by atoms with Gasteiger partial charge < -0.3 is 33.8 Å². The Labute approximate surface area is 613 Å². The van der Waals surface area contributed by atoms with E-state index in [-0.39, 0.29) is 25.7 Å². The van der Waals surface area contributed by atoms with Gasteiger partial charge in [-0.3, -0.25) is 37.3 Å². The molecule has 0 aromatic heterocycles. The van der Waals surface area contributed by atoms with Crippen molar-refractivity contribution in [3.63, 3.8) is 0 Å². The van der Waals surface area contributed by atoms with Gasteiger partial charge in [0.15, 0.2) is 12.2 Å². The molecule has 100 heavy (non-hydrogen) atoms. The van der Waals surface area contributed by atoms with Gasteiger partial charge in [0.1, 0.15) is 19.3 Å². The third kappa shape index (κ3) is 74.3. The molecule has 0 aromatic carbocycles. The van der Waals surface area contributed by atoms with Gasteiger partial charge in [-0.05, 0) is 25.7 Å². The van der Waals surface area contributed by atoms with Crippen molar-refractivity contribution in [2.45, 2.75) is 457 Å². The quantitative estimate of drug-likeness (QED) is 0.0222. The van der Waals surface area contributed by atoms with Gasteiger partial charge >= 0.3 is 39.5 Å². The summed E-state index contributed by atoms with van der Waals surface area (Å²) in [5, 5.41) is 10.6. The SMILES string of the molecule is CCCCCCCCCCCCCCCCCCCCCCC(=O)O[C@H](COC(=O)CCCCCCCCCCCCCCCCCCCCC)COP(=O)(O)OC[C@@H](O)COP(=O)(O)OC[C@@H](COC(=O)CCCCCCCCC)OC(=O)CCCCCCCCCCCCCCCC. The number of aliphatic hydroxyl groups excluding tert-OH is 1. The maximum Gasteiger partial charge on any atom is 0.472 e. The number of unbranched alkanes of at least 4 members (excludes halogenated alkanes) is 56. The van der Waals surface area contributed by atoms with E-state index in [0.717, 1.165) is 103 Å². The number of carbonyl (C=O) groups excluding carboxylic acids is 4. The molecule has 0 rings (SSSR count). The summed E-state index contributed by atoms with van der Waals surface area (Å²) in [5.41, 5.74) is 0. The molecule has 0 aliphatic rings. The molecular formula is C81H158O17P2. The molecule has 0 radical (unpaired) electrons. The number of phosphoric acid groups is 2. The van der Waals surface area contributed by atoms with Gasteiger partial charge in [-0.15, -0.1) is 0 Å². The zero-order valence-corrected chi connectivity index (χ0v) is 67.0. The summed E-state index contributed by atoms with van der Waals surface area (Å²) in [7, 11) is -9.91. The fourth-order valence-corrected chi connectivity index (χ4v) is 14.2. The Kier molecular flexibility index (Phi) is 73.8. The Morgan fingerprint density at radius 1 is 0.240 bits per heavy atom. The molecule has 3 N–H and O–H groups in total. The van der Waals surface area contributed by atoms with Gasteiger partial charge in [0, 0.05) is 25.7 Å². The predicted molar refractivity (Wildman–Crippen MR) is 409 cm³/mol. The average Bonchev–Trinajstić information content (AvgIpc) is 0.977. The smallest absolute Gasteiger partial charge is 0.462 e. The van der Waals surface area contributed by atoms with Gasteiger partial charge in [0.2, 0.25) is 0 Å². The highest BCUT2D eigenvalue weighted by atomic mass is 31.2. The van der Waals surface area contributed by atoms with E-state index in [1.807, 2.05) is 0 Å². The van der Waals surface area contributed by atoms with Gasteiger partial charge in [0.05, 0.1) is 26.4 Å². The summed E-state index contributed by atoms with van der Waals surface area (Å²) in [6.45, 7) is 4.98. The van der Waals surface area contributed by atoms with Crippen LogP contribution >= 0.6 is 15.6 Å². The standard InChI is InChI=1S/C81H158O17P2/c1-5-9-13-17-21-24-27-30-33-35-37-39-41-43-46-49-52-56-60-64-68-81(86)98-77(72-92-79(84)66-62-58-54-50-47-45-42-40-38-36-34-31-28-25-22-18-14-10-6-2)74-96-100(89,90)94-70-75(82)69-93-99(87,88)95-73-76(71-91-78(83)65-61-57-53-20-16-12-8-4)97-80(85)67-63-59-55-51-48-44-32-29-26-23-19-15-11-7-3/h75-77,82H,5-74H2,1-4H3,(H,87,88)(H,89,90)/t75-,76+,77+/m0/s1. The first kappa shape index (κ1) is 98.1. The Bertz CT molecular complexity index is 1890. The van der Waals surface area contributed by atoms with Crippen LogP contribution in [0.2, 0.25) is 0 Å². The van der Waals surface area contributed by atoms with E-state index in [1.54, 1.807) is 0 Å². The first-order valence-corrected chi connectivity index (χ1v) is 45.3. The number of carbonyl (C=O) groups is 4. The summed E-state index contributed by atoms with van der Waals surface area (Å²) < 4.78 is 68.6. The lowest BCUT2D eigenvalue weighted by Gasteiger charge is -2.21. The third-order valence-corrected chi connectivity index (χ3v) is 21.0. The van der Waals surface area contributed by atoms with Crippen LogP contribution in [0.5, 0.6) is 0 Å². The van der Waals surface area contributed by atoms with Crippen molar-refractivity contribution in [1.29, 1.82) is 0 Å². The molecule has 0 heterocycles. The summed E-state index contributed by atoms with van der Waals surface area (Å²) in [5.74, 6) is -2.11. The van der Waals surface area contributed by atoms with Crippen LogP contribution < -0.4 is 0 Å². The van der Waals surface area contributed by atoms with Crippen molar-refractivity contribution >= 4 is 39.5 Å². The second-order valence-electron chi connectivity index (χ2n) is 29.2. The van der Waals surface area contributed by atoms with E-state index in [9.17, 15) is 43.2 Å². The molecule has 0 amide bonds. The Hall–Kier alpha value is -1.94. The summed E-state index contributed by atoms with van der Waals surface area (Å²) in [6.07, 6.45) is 68.2. The van der Waals surface area contributed by atoms with E-state index in [2.05, 4.69) is 27.7 Å². The number of ether oxygens (including phenoxy) is 4. The monoisotopic (exact) mass is 1470 g/mol. The topological polar surface area (TPSA) is 237 Å². The van der Waals surface area contributed by atoms with Crippen LogP contribution in [0, 0.1) is 0 Å². The minimum Gasteiger partial charge on any atom is -0.462 e. The second kappa shape index (κ2) is 75.3. The van der Waals surface area contributed by atoms with Crippen LogP contribution in [-0.4, -0.2) is 96.7 Å². The first-order chi connectivity index (χ1) is 48.7. The lowest BCUT2D eigenvalue weighted by molar-refractivity contribution is -0.161. The molecule has 0 aliphatic carbocycles. The molecule has 17 nitrogen and oxygen atoms in total. The van der Waals surface area contributed by atoms with Crippen LogP contribution in [0.25, 0.3) is 0 Å². The number of hydrogen-bond acceptors (Lipinski definition) is 15. The maximum absolute atomic E-state index is 13.1. The van der Waals surface area contributed by atoms with Crippen molar-refractivity contribution in [3.8, 4) is 0 Å². The molecule has 2 unspecified atom stereocenters. The largest absolute Gasteiger partial charge is 0.472 e. The number of rotatable bonds is 82. The van der Waals surface area contributed by atoms with Gasteiger partial charge in [0.25, 0.3) is 0 Å².